The lowest BCUT2D eigenvalue weighted by molar-refractivity contribution is -0.114. The average molecular weight is 417 g/mol. The van der Waals surface area contributed by atoms with Crippen molar-refractivity contribution in [2.75, 3.05) is 16.2 Å². The Morgan fingerprint density at radius 2 is 1.71 bits per heavy atom. The van der Waals surface area contributed by atoms with Crippen LogP contribution in [0.5, 0.6) is 0 Å². The molecule has 142 valence electrons. The van der Waals surface area contributed by atoms with Gasteiger partial charge in [0, 0.05) is 21.8 Å². The van der Waals surface area contributed by atoms with Crippen LogP contribution in [0.1, 0.15) is 0 Å². The molecule has 0 atom stereocenters. The number of hydrogen-bond donors (Lipinski definition) is 1. The first-order chi connectivity index (χ1) is 13.4. The molecule has 0 bridgehead atoms. The molecule has 1 amide bonds. The Morgan fingerprint density at radius 1 is 1.00 bits per heavy atom. The third-order valence-electron chi connectivity index (χ3n) is 4.39. The van der Waals surface area contributed by atoms with Gasteiger partial charge in [0.2, 0.25) is 5.91 Å². The number of benzene rings is 3. The standard InChI is InChI=1S/C20H14ClFN2O3S/c21-13-5-8-15(9-6-13)23-20(25)12-24-18-10-7-14(22)11-17(18)16-3-1-2-4-19(16)28(24,26)27/h1-11H,12H2,(H,23,25). The zero-order valence-corrected chi connectivity index (χ0v) is 16.0. The molecule has 1 N–H and O–H groups in total. The number of carbonyl (C=O) groups is 1. The highest BCUT2D eigenvalue weighted by Crippen LogP contribution is 2.43. The minimum Gasteiger partial charge on any atom is -0.325 e. The lowest BCUT2D eigenvalue weighted by Gasteiger charge is -2.31. The van der Waals surface area contributed by atoms with E-state index in [2.05, 4.69) is 5.32 Å². The summed E-state index contributed by atoms with van der Waals surface area (Å²) in [6, 6.07) is 16.6. The van der Waals surface area contributed by atoms with E-state index < -0.39 is 28.3 Å². The Kier molecular flexibility index (Phi) is 4.56. The number of nitrogens with one attached hydrogen (secondary N) is 1. The molecule has 28 heavy (non-hydrogen) atoms. The van der Waals surface area contributed by atoms with E-state index >= 15 is 0 Å². The fourth-order valence-corrected chi connectivity index (χ4v) is 4.91. The van der Waals surface area contributed by atoms with Gasteiger partial charge in [-0.15, -0.1) is 0 Å². The summed E-state index contributed by atoms with van der Waals surface area (Å²) in [6.45, 7) is -0.447. The quantitative estimate of drug-likeness (QED) is 0.692. The van der Waals surface area contributed by atoms with Crippen molar-refractivity contribution in [1.82, 2.24) is 0 Å². The van der Waals surface area contributed by atoms with E-state index in [1.165, 1.54) is 24.3 Å². The second-order valence-corrected chi connectivity index (χ2v) is 8.49. The van der Waals surface area contributed by atoms with Gasteiger partial charge >= 0.3 is 0 Å². The van der Waals surface area contributed by atoms with Crippen molar-refractivity contribution in [2.24, 2.45) is 0 Å². The number of fused-ring (bicyclic) bond motifs is 3. The van der Waals surface area contributed by atoms with Gasteiger partial charge in [0.25, 0.3) is 10.0 Å². The molecule has 0 unspecified atom stereocenters. The summed E-state index contributed by atoms with van der Waals surface area (Å²) < 4.78 is 41.1. The summed E-state index contributed by atoms with van der Waals surface area (Å²) in [5.74, 6) is -1.01. The largest absolute Gasteiger partial charge is 0.325 e. The van der Waals surface area contributed by atoms with E-state index in [1.54, 1.807) is 42.5 Å². The molecule has 5 nitrogen and oxygen atoms in total. The minimum absolute atomic E-state index is 0.0346. The third-order valence-corrected chi connectivity index (χ3v) is 6.46. The Hall–Kier alpha value is -2.90. The molecular weight excluding hydrogens is 403 g/mol. The molecule has 0 radical (unpaired) electrons. The van der Waals surface area contributed by atoms with Gasteiger partial charge in [-0.05, 0) is 48.5 Å². The molecule has 0 aromatic heterocycles. The van der Waals surface area contributed by atoms with Crippen molar-refractivity contribution in [3.63, 3.8) is 0 Å². The van der Waals surface area contributed by atoms with Gasteiger partial charge in [0.05, 0.1) is 10.6 Å². The van der Waals surface area contributed by atoms with E-state index in [0.717, 1.165) is 4.31 Å². The molecule has 0 spiro atoms. The summed E-state index contributed by atoms with van der Waals surface area (Å²) in [7, 11) is -3.97. The molecule has 1 heterocycles. The summed E-state index contributed by atoms with van der Waals surface area (Å²) in [6.07, 6.45) is 0. The van der Waals surface area contributed by atoms with Gasteiger partial charge in [-0.1, -0.05) is 29.8 Å². The van der Waals surface area contributed by atoms with Gasteiger partial charge in [-0.3, -0.25) is 9.10 Å². The number of carbonyl (C=O) groups excluding carboxylic acids is 1. The van der Waals surface area contributed by atoms with Gasteiger partial charge in [0.15, 0.2) is 0 Å². The number of halogens is 2. The zero-order chi connectivity index (χ0) is 19.9. The smallest absolute Gasteiger partial charge is 0.265 e. The predicted molar refractivity (Wildman–Crippen MR) is 106 cm³/mol. The normalized spacial score (nSPS) is 14.1. The van der Waals surface area contributed by atoms with Crippen LogP contribution in [0.3, 0.4) is 0 Å². The van der Waals surface area contributed by atoms with Crippen molar-refractivity contribution < 1.29 is 17.6 Å². The first kappa shape index (κ1) is 18.5. The Balaban J connectivity index is 1.72. The van der Waals surface area contributed by atoms with E-state index in [1.807, 2.05) is 0 Å². The molecule has 0 saturated heterocycles. The highest BCUT2D eigenvalue weighted by molar-refractivity contribution is 7.93. The van der Waals surface area contributed by atoms with Crippen LogP contribution in [0.25, 0.3) is 11.1 Å². The number of rotatable bonds is 3. The van der Waals surface area contributed by atoms with E-state index in [4.69, 9.17) is 11.6 Å². The molecule has 1 aliphatic rings. The van der Waals surface area contributed by atoms with Gasteiger partial charge < -0.3 is 5.32 Å². The van der Waals surface area contributed by atoms with Crippen LogP contribution in [0.2, 0.25) is 5.02 Å². The molecule has 8 heteroatoms. The molecule has 0 saturated carbocycles. The molecule has 0 fully saturated rings. The first-order valence-electron chi connectivity index (χ1n) is 8.33. The average Bonchev–Trinajstić information content (AvgIpc) is 2.67. The summed E-state index contributed by atoms with van der Waals surface area (Å²) >= 11 is 5.83. The number of nitrogens with zero attached hydrogens (tertiary/aromatic N) is 1. The number of sulfonamides is 1. The fourth-order valence-electron chi connectivity index (χ4n) is 3.14. The number of amides is 1. The van der Waals surface area contributed by atoms with Crippen molar-refractivity contribution >= 4 is 38.9 Å². The monoisotopic (exact) mass is 416 g/mol. The lowest BCUT2D eigenvalue weighted by atomic mass is 10.0. The molecule has 1 aliphatic heterocycles. The molecular formula is C20H14ClFN2O3S. The van der Waals surface area contributed by atoms with Crippen LogP contribution >= 0.6 is 11.6 Å². The highest BCUT2D eigenvalue weighted by Gasteiger charge is 2.36. The lowest BCUT2D eigenvalue weighted by Crippen LogP contribution is -2.40. The van der Waals surface area contributed by atoms with Crippen molar-refractivity contribution in [3.8, 4) is 11.1 Å². The van der Waals surface area contributed by atoms with E-state index in [0.29, 0.717) is 21.8 Å². The number of anilines is 2. The maximum absolute atomic E-state index is 13.8. The summed E-state index contributed by atoms with van der Waals surface area (Å²) in [5.41, 5.74) is 1.57. The van der Waals surface area contributed by atoms with Crippen LogP contribution in [0.4, 0.5) is 15.8 Å². The van der Waals surface area contributed by atoms with Crippen LogP contribution in [-0.4, -0.2) is 20.9 Å². The topological polar surface area (TPSA) is 66.5 Å². The second kappa shape index (κ2) is 6.92. The fraction of sp³-hybridized carbons (Fsp3) is 0.0500. The van der Waals surface area contributed by atoms with Gasteiger partial charge in [0.1, 0.15) is 12.4 Å². The van der Waals surface area contributed by atoms with Crippen LogP contribution < -0.4 is 9.62 Å². The van der Waals surface area contributed by atoms with Crippen molar-refractivity contribution in [2.45, 2.75) is 4.90 Å². The van der Waals surface area contributed by atoms with Crippen molar-refractivity contribution in [3.05, 3.63) is 77.6 Å². The Bertz CT molecular complexity index is 1180. The first-order valence-corrected chi connectivity index (χ1v) is 10.2. The summed E-state index contributed by atoms with van der Waals surface area (Å²) in [4.78, 5) is 12.6. The highest BCUT2D eigenvalue weighted by atomic mass is 35.5. The second-order valence-electron chi connectivity index (χ2n) is 6.22. The van der Waals surface area contributed by atoms with E-state index in [-0.39, 0.29) is 10.6 Å². The SMILES string of the molecule is O=C(CN1c2ccc(F)cc2-c2ccccc2S1(=O)=O)Nc1ccc(Cl)cc1. The zero-order valence-electron chi connectivity index (χ0n) is 14.4. The molecule has 3 aromatic carbocycles. The number of hydrogen-bond acceptors (Lipinski definition) is 3. The van der Waals surface area contributed by atoms with Crippen LogP contribution in [0, 0.1) is 5.82 Å². The molecule has 0 aliphatic carbocycles. The maximum Gasteiger partial charge on any atom is 0.265 e. The third kappa shape index (κ3) is 3.23. The predicted octanol–water partition coefficient (Wildman–Crippen LogP) is 4.29. The van der Waals surface area contributed by atoms with Crippen LogP contribution in [-0.2, 0) is 14.8 Å². The van der Waals surface area contributed by atoms with Crippen LogP contribution in [0.15, 0.2) is 71.6 Å². The Morgan fingerprint density at radius 3 is 2.46 bits per heavy atom. The maximum atomic E-state index is 13.8. The Labute approximate surface area is 166 Å². The molecule has 3 aromatic rings. The van der Waals surface area contributed by atoms with Gasteiger partial charge in [-0.25, -0.2) is 12.8 Å². The van der Waals surface area contributed by atoms with E-state index in [9.17, 15) is 17.6 Å². The summed E-state index contributed by atoms with van der Waals surface area (Å²) in [5, 5.41) is 3.16. The minimum atomic E-state index is -3.97. The molecule has 4 rings (SSSR count). The van der Waals surface area contributed by atoms with Gasteiger partial charge in [-0.2, -0.15) is 0 Å². The van der Waals surface area contributed by atoms with Crippen molar-refractivity contribution in [1.29, 1.82) is 0 Å².